The van der Waals surface area contributed by atoms with Gasteiger partial charge in [0.1, 0.15) is 6.04 Å². The Bertz CT molecular complexity index is 827. The smallest absolute Gasteiger partial charge is 0.242 e. The topological polar surface area (TPSA) is 49.4 Å². The summed E-state index contributed by atoms with van der Waals surface area (Å²) in [6, 6.07) is 16.2. The summed E-state index contributed by atoms with van der Waals surface area (Å²) in [6.45, 7) is 11.3. The molecule has 0 bridgehead atoms. The van der Waals surface area contributed by atoms with E-state index in [-0.39, 0.29) is 11.8 Å². The van der Waals surface area contributed by atoms with Gasteiger partial charge in [-0.05, 0) is 49.3 Å². The van der Waals surface area contributed by atoms with Gasteiger partial charge in [-0.1, -0.05) is 74.9 Å². The molecule has 2 aromatic rings. The lowest BCUT2D eigenvalue weighted by Gasteiger charge is -2.30. The van der Waals surface area contributed by atoms with E-state index in [0.29, 0.717) is 38.3 Å². The van der Waals surface area contributed by atoms with E-state index in [9.17, 15) is 9.59 Å². The van der Waals surface area contributed by atoms with Gasteiger partial charge in [-0.3, -0.25) is 9.59 Å². The first kappa shape index (κ1) is 23.7. The van der Waals surface area contributed by atoms with Crippen molar-refractivity contribution in [3.05, 3.63) is 70.8 Å². The summed E-state index contributed by atoms with van der Waals surface area (Å²) in [5, 5.41) is 2.89. The monoisotopic (exact) mass is 408 g/mol. The second-order valence-electron chi connectivity index (χ2n) is 8.23. The van der Waals surface area contributed by atoms with Crippen LogP contribution < -0.4 is 5.32 Å². The van der Waals surface area contributed by atoms with E-state index in [1.165, 1.54) is 5.56 Å². The Kier molecular flexibility index (Phi) is 9.10. The van der Waals surface area contributed by atoms with Crippen molar-refractivity contribution in [1.29, 1.82) is 0 Å². The van der Waals surface area contributed by atoms with Crippen LogP contribution in [0.3, 0.4) is 0 Å². The minimum absolute atomic E-state index is 0.0162. The van der Waals surface area contributed by atoms with Gasteiger partial charge in [0.15, 0.2) is 0 Å². The molecule has 162 valence electrons. The van der Waals surface area contributed by atoms with E-state index in [1.807, 2.05) is 39.0 Å². The molecule has 2 amide bonds. The molecule has 2 rings (SSSR count). The largest absolute Gasteiger partial charge is 0.355 e. The number of nitrogens with zero attached hydrogens (tertiary/aromatic N) is 1. The van der Waals surface area contributed by atoms with Gasteiger partial charge >= 0.3 is 0 Å². The molecule has 0 unspecified atom stereocenters. The molecule has 0 aliphatic heterocycles. The number of carbonyl (C=O) groups is 2. The highest BCUT2D eigenvalue weighted by Crippen LogP contribution is 2.18. The third-order valence-electron chi connectivity index (χ3n) is 5.45. The molecule has 0 radical (unpaired) electrons. The number of amides is 2. The Morgan fingerprint density at radius 2 is 1.70 bits per heavy atom. The van der Waals surface area contributed by atoms with Gasteiger partial charge in [0.2, 0.25) is 11.8 Å². The zero-order valence-electron chi connectivity index (χ0n) is 19.1. The second kappa shape index (κ2) is 11.5. The molecule has 1 N–H and O–H groups in total. The zero-order valence-corrected chi connectivity index (χ0v) is 19.1. The van der Waals surface area contributed by atoms with Gasteiger partial charge in [0.05, 0.1) is 0 Å². The highest BCUT2D eigenvalue weighted by Gasteiger charge is 2.28. The lowest BCUT2D eigenvalue weighted by molar-refractivity contribution is -0.141. The molecule has 2 aromatic carbocycles. The number of likely N-dealkylation sites (N-methyl/N-ethyl adjacent to an activating group) is 1. The van der Waals surface area contributed by atoms with Gasteiger partial charge in [-0.15, -0.1) is 0 Å². The fraction of sp³-hybridized carbons (Fsp3) is 0.462. The maximum atomic E-state index is 13.2. The SMILES string of the molecule is CCNC(=O)[C@@H](CC)N(Cc1cccc(C)c1)C(=O)CCc1ccc(C(C)C)cc1. The predicted molar refractivity (Wildman–Crippen MR) is 123 cm³/mol. The first-order chi connectivity index (χ1) is 14.3. The number of hydrogen-bond donors (Lipinski definition) is 1. The van der Waals surface area contributed by atoms with E-state index in [4.69, 9.17) is 0 Å². The fourth-order valence-corrected chi connectivity index (χ4v) is 3.68. The molecule has 4 nitrogen and oxygen atoms in total. The summed E-state index contributed by atoms with van der Waals surface area (Å²) < 4.78 is 0. The van der Waals surface area contributed by atoms with E-state index in [2.05, 4.69) is 49.5 Å². The molecular formula is C26H36N2O2. The number of hydrogen-bond acceptors (Lipinski definition) is 2. The van der Waals surface area contributed by atoms with Crippen LogP contribution in [0.1, 0.15) is 68.7 Å². The van der Waals surface area contributed by atoms with Crippen molar-refractivity contribution in [2.75, 3.05) is 6.54 Å². The third-order valence-corrected chi connectivity index (χ3v) is 5.45. The molecule has 0 heterocycles. The summed E-state index contributed by atoms with van der Waals surface area (Å²) in [5.41, 5.74) is 4.64. The fourth-order valence-electron chi connectivity index (χ4n) is 3.68. The highest BCUT2D eigenvalue weighted by molar-refractivity contribution is 5.87. The summed E-state index contributed by atoms with van der Waals surface area (Å²) in [5.74, 6) is 0.428. The van der Waals surface area contributed by atoms with Crippen LogP contribution in [-0.2, 0) is 22.6 Å². The average Bonchev–Trinajstić information content (AvgIpc) is 2.72. The zero-order chi connectivity index (χ0) is 22.1. The van der Waals surface area contributed by atoms with Crippen molar-refractivity contribution >= 4 is 11.8 Å². The number of benzene rings is 2. The lowest BCUT2D eigenvalue weighted by atomic mass is 10.00. The maximum absolute atomic E-state index is 13.2. The van der Waals surface area contributed by atoms with E-state index in [0.717, 1.165) is 16.7 Å². The Morgan fingerprint density at radius 1 is 1.00 bits per heavy atom. The summed E-state index contributed by atoms with van der Waals surface area (Å²) in [7, 11) is 0. The normalized spacial score (nSPS) is 11.9. The van der Waals surface area contributed by atoms with Crippen LogP contribution in [0.15, 0.2) is 48.5 Å². The minimum Gasteiger partial charge on any atom is -0.355 e. The average molecular weight is 409 g/mol. The standard InChI is InChI=1S/C26H36N2O2/c1-6-24(26(30)27-7-2)28(18-22-10-8-9-20(5)17-22)25(29)16-13-21-11-14-23(15-12-21)19(3)4/h8-12,14-15,17,19,24H,6-7,13,16,18H2,1-5H3,(H,27,30)/t24-/m1/s1. The molecule has 0 aliphatic rings. The number of rotatable bonds is 10. The molecule has 0 saturated heterocycles. The Morgan fingerprint density at radius 3 is 2.27 bits per heavy atom. The maximum Gasteiger partial charge on any atom is 0.242 e. The number of carbonyl (C=O) groups excluding carboxylic acids is 2. The molecule has 0 spiro atoms. The Labute approximate surface area is 181 Å². The van der Waals surface area contributed by atoms with Crippen LogP contribution >= 0.6 is 0 Å². The first-order valence-electron chi connectivity index (χ1n) is 11.1. The first-order valence-corrected chi connectivity index (χ1v) is 11.1. The van der Waals surface area contributed by atoms with Gasteiger partial charge in [-0.25, -0.2) is 0 Å². The predicted octanol–water partition coefficient (Wildman–Crippen LogP) is 4.99. The molecule has 4 heteroatoms. The van der Waals surface area contributed by atoms with Crippen molar-refractivity contribution in [2.45, 2.75) is 72.4 Å². The summed E-state index contributed by atoms with van der Waals surface area (Å²) in [4.78, 5) is 27.6. The Balaban J connectivity index is 2.16. The number of nitrogens with one attached hydrogen (secondary N) is 1. The molecule has 1 atom stereocenters. The van der Waals surface area contributed by atoms with Crippen molar-refractivity contribution < 1.29 is 9.59 Å². The van der Waals surface area contributed by atoms with Crippen LogP contribution in [-0.4, -0.2) is 29.3 Å². The van der Waals surface area contributed by atoms with Crippen LogP contribution in [0, 0.1) is 6.92 Å². The van der Waals surface area contributed by atoms with Crippen molar-refractivity contribution in [3.63, 3.8) is 0 Å². The minimum atomic E-state index is -0.457. The van der Waals surface area contributed by atoms with E-state index < -0.39 is 6.04 Å². The molecule has 0 aliphatic carbocycles. The molecular weight excluding hydrogens is 372 g/mol. The van der Waals surface area contributed by atoms with Crippen LogP contribution in [0.2, 0.25) is 0 Å². The van der Waals surface area contributed by atoms with Crippen LogP contribution in [0.5, 0.6) is 0 Å². The second-order valence-corrected chi connectivity index (χ2v) is 8.23. The summed E-state index contributed by atoms with van der Waals surface area (Å²) >= 11 is 0. The summed E-state index contributed by atoms with van der Waals surface area (Å²) in [6.07, 6.45) is 1.66. The van der Waals surface area contributed by atoms with E-state index in [1.54, 1.807) is 4.90 Å². The van der Waals surface area contributed by atoms with E-state index >= 15 is 0 Å². The van der Waals surface area contributed by atoms with Gasteiger partial charge < -0.3 is 10.2 Å². The lowest BCUT2D eigenvalue weighted by Crippen LogP contribution is -2.49. The van der Waals surface area contributed by atoms with Gasteiger partial charge in [0, 0.05) is 19.5 Å². The molecule has 0 aromatic heterocycles. The molecule has 30 heavy (non-hydrogen) atoms. The van der Waals surface area contributed by atoms with Crippen LogP contribution in [0.25, 0.3) is 0 Å². The number of aryl methyl sites for hydroxylation is 2. The van der Waals surface area contributed by atoms with Gasteiger partial charge in [-0.2, -0.15) is 0 Å². The third kappa shape index (κ3) is 6.72. The quantitative estimate of drug-likeness (QED) is 0.602. The van der Waals surface area contributed by atoms with Crippen LogP contribution in [0.4, 0.5) is 0 Å². The molecule has 0 fully saturated rings. The highest BCUT2D eigenvalue weighted by atomic mass is 16.2. The molecule has 0 saturated carbocycles. The Hall–Kier alpha value is -2.62. The van der Waals surface area contributed by atoms with Crippen molar-refractivity contribution in [3.8, 4) is 0 Å². The van der Waals surface area contributed by atoms with Crippen molar-refractivity contribution in [2.24, 2.45) is 0 Å². The van der Waals surface area contributed by atoms with Gasteiger partial charge in [0.25, 0.3) is 0 Å². The van der Waals surface area contributed by atoms with Crippen molar-refractivity contribution in [1.82, 2.24) is 10.2 Å².